The third-order valence-corrected chi connectivity index (χ3v) is 5.74. The van der Waals surface area contributed by atoms with Crippen LogP contribution in [0.4, 0.5) is 17.5 Å². The second kappa shape index (κ2) is 12.0. The molecule has 180 valence electrons. The predicted molar refractivity (Wildman–Crippen MR) is 135 cm³/mol. The number of ether oxygens (including phenoxy) is 1. The first-order valence-electron chi connectivity index (χ1n) is 11.9. The fraction of sp³-hybridized carbons (Fsp3) is 0.333. The van der Waals surface area contributed by atoms with E-state index in [1.54, 1.807) is 12.1 Å². The van der Waals surface area contributed by atoms with Crippen LogP contribution in [-0.2, 0) is 22.6 Å². The van der Waals surface area contributed by atoms with Crippen LogP contribution in [0.2, 0.25) is 0 Å². The molecule has 1 aromatic heterocycles. The molecule has 4 rings (SSSR count). The van der Waals surface area contributed by atoms with E-state index >= 15 is 0 Å². The monoisotopic (exact) mass is 470 g/mol. The Morgan fingerprint density at radius 3 is 2.83 bits per heavy atom. The Labute approximate surface area is 206 Å². The lowest BCUT2D eigenvalue weighted by Gasteiger charge is -2.20. The highest BCUT2D eigenvalue weighted by Crippen LogP contribution is 2.23. The zero-order chi connectivity index (χ0) is 24.5. The van der Waals surface area contributed by atoms with Gasteiger partial charge in [-0.25, -0.2) is 4.98 Å². The van der Waals surface area contributed by atoms with Crippen molar-refractivity contribution in [2.75, 3.05) is 29.9 Å². The van der Waals surface area contributed by atoms with Gasteiger partial charge in [0.05, 0.1) is 18.2 Å². The van der Waals surface area contributed by atoms with Gasteiger partial charge in [-0.05, 0) is 36.6 Å². The molecule has 0 spiro atoms. The van der Waals surface area contributed by atoms with Crippen molar-refractivity contribution in [3.05, 3.63) is 77.5 Å². The Kier molecular flexibility index (Phi) is 8.25. The molecule has 8 heteroatoms. The van der Waals surface area contributed by atoms with Crippen molar-refractivity contribution >= 4 is 23.4 Å². The number of benzene rings is 2. The minimum Gasteiger partial charge on any atom is -0.367 e. The molecule has 1 aliphatic heterocycles. The molecule has 1 fully saturated rings. The molecule has 0 saturated carbocycles. The van der Waals surface area contributed by atoms with E-state index in [0.717, 1.165) is 48.6 Å². The van der Waals surface area contributed by atoms with E-state index in [-0.39, 0.29) is 18.6 Å². The lowest BCUT2D eigenvalue weighted by Crippen LogP contribution is -2.39. The topological polar surface area (TPSA) is 103 Å². The molecular formula is C27H30N6O2. The van der Waals surface area contributed by atoms with Gasteiger partial charge in [-0.3, -0.25) is 4.79 Å². The summed E-state index contributed by atoms with van der Waals surface area (Å²) >= 11 is 0. The third kappa shape index (κ3) is 7.01. The van der Waals surface area contributed by atoms with Crippen LogP contribution >= 0.6 is 0 Å². The summed E-state index contributed by atoms with van der Waals surface area (Å²) in [6.07, 6.45) is 2.65. The highest BCUT2D eigenvalue weighted by atomic mass is 16.5. The Bertz CT molecular complexity index is 1180. The van der Waals surface area contributed by atoms with Crippen LogP contribution in [0.1, 0.15) is 36.6 Å². The second-order valence-electron chi connectivity index (χ2n) is 8.59. The number of hydrogen-bond donors (Lipinski definition) is 2. The van der Waals surface area contributed by atoms with Gasteiger partial charge in [0.15, 0.2) is 0 Å². The molecule has 1 saturated heterocycles. The Morgan fingerprint density at radius 1 is 1.17 bits per heavy atom. The summed E-state index contributed by atoms with van der Waals surface area (Å²) in [6, 6.07) is 21.3. The van der Waals surface area contributed by atoms with E-state index < -0.39 is 0 Å². The highest BCUT2D eigenvalue weighted by Gasteiger charge is 2.25. The number of carbonyl (C=O) groups excluding carboxylic acids is 1. The van der Waals surface area contributed by atoms with Crippen molar-refractivity contribution in [1.29, 1.82) is 5.26 Å². The Morgan fingerprint density at radius 2 is 2.03 bits per heavy atom. The van der Waals surface area contributed by atoms with E-state index in [9.17, 15) is 4.79 Å². The molecule has 1 amide bonds. The van der Waals surface area contributed by atoms with Crippen LogP contribution < -0.4 is 15.5 Å². The molecule has 8 nitrogen and oxygen atoms in total. The molecular weight excluding hydrogens is 440 g/mol. The lowest BCUT2D eigenvalue weighted by atomic mass is 10.2. The summed E-state index contributed by atoms with van der Waals surface area (Å²) in [5, 5.41) is 15.5. The normalized spacial score (nSPS) is 15.0. The average molecular weight is 471 g/mol. The van der Waals surface area contributed by atoms with E-state index in [4.69, 9.17) is 15.0 Å². The Hall–Kier alpha value is -3.96. The van der Waals surface area contributed by atoms with Crippen LogP contribution in [0.5, 0.6) is 0 Å². The number of carbonyl (C=O) groups is 1. The van der Waals surface area contributed by atoms with Gasteiger partial charge in [0.25, 0.3) is 0 Å². The van der Waals surface area contributed by atoms with Gasteiger partial charge in [0.2, 0.25) is 11.9 Å². The molecule has 0 radical (unpaired) electrons. The second-order valence-corrected chi connectivity index (χ2v) is 8.59. The molecule has 1 aliphatic rings. The van der Waals surface area contributed by atoms with Crippen LogP contribution in [0, 0.1) is 11.3 Å². The van der Waals surface area contributed by atoms with Gasteiger partial charge in [-0.15, -0.1) is 0 Å². The number of nitriles is 1. The summed E-state index contributed by atoms with van der Waals surface area (Å²) in [5.41, 5.74) is 3.34. The predicted octanol–water partition coefficient (Wildman–Crippen LogP) is 3.96. The number of amides is 1. The fourth-order valence-electron chi connectivity index (χ4n) is 4.07. The van der Waals surface area contributed by atoms with E-state index in [1.165, 1.54) is 0 Å². The van der Waals surface area contributed by atoms with Crippen molar-refractivity contribution in [3.8, 4) is 6.07 Å². The van der Waals surface area contributed by atoms with Crippen LogP contribution in [0.3, 0.4) is 0 Å². The van der Waals surface area contributed by atoms with E-state index in [2.05, 4.69) is 33.5 Å². The van der Waals surface area contributed by atoms with Crippen LogP contribution in [0.15, 0.2) is 60.7 Å². The summed E-state index contributed by atoms with van der Waals surface area (Å²) in [4.78, 5) is 23.9. The van der Waals surface area contributed by atoms with Gasteiger partial charge < -0.3 is 20.3 Å². The van der Waals surface area contributed by atoms with E-state index in [1.807, 2.05) is 48.5 Å². The largest absolute Gasteiger partial charge is 0.367 e. The van der Waals surface area contributed by atoms with Crippen LogP contribution in [-0.4, -0.2) is 41.6 Å². The molecule has 2 heterocycles. The van der Waals surface area contributed by atoms with Gasteiger partial charge in [-0.2, -0.15) is 10.2 Å². The fourth-order valence-corrected chi connectivity index (χ4v) is 4.07. The standard InChI is InChI=1S/C27H30N6O2/c1-2-7-22-15-25(32-27(30-22)31-23-11-6-10-21(14-23)16-28)33-13-12-24(17-33)29-26(34)19-35-18-20-8-4-3-5-9-20/h3-6,8-11,14-15,24H,2,7,12-13,17-19H2,1H3,(H,29,34)(H,30,31,32)/t24-/m0/s1. The summed E-state index contributed by atoms with van der Waals surface area (Å²) in [5.74, 6) is 1.23. The average Bonchev–Trinajstić information content (AvgIpc) is 3.33. The van der Waals surface area contributed by atoms with Crippen molar-refractivity contribution in [1.82, 2.24) is 15.3 Å². The van der Waals surface area contributed by atoms with Gasteiger partial charge >= 0.3 is 0 Å². The molecule has 2 N–H and O–H groups in total. The first-order chi connectivity index (χ1) is 17.1. The molecule has 2 aromatic carbocycles. The Balaban J connectivity index is 1.35. The summed E-state index contributed by atoms with van der Waals surface area (Å²) < 4.78 is 5.56. The maximum Gasteiger partial charge on any atom is 0.246 e. The number of aromatic nitrogens is 2. The minimum atomic E-state index is -0.109. The molecule has 0 aliphatic carbocycles. The first-order valence-corrected chi connectivity index (χ1v) is 11.9. The molecule has 35 heavy (non-hydrogen) atoms. The third-order valence-electron chi connectivity index (χ3n) is 5.74. The quantitative estimate of drug-likeness (QED) is 0.462. The number of aryl methyl sites for hydroxylation is 1. The van der Waals surface area contributed by atoms with Crippen molar-refractivity contribution in [2.24, 2.45) is 0 Å². The lowest BCUT2D eigenvalue weighted by molar-refractivity contribution is -0.126. The van der Waals surface area contributed by atoms with E-state index in [0.29, 0.717) is 24.7 Å². The van der Waals surface area contributed by atoms with Gasteiger partial charge in [0.1, 0.15) is 12.4 Å². The minimum absolute atomic E-state index is 0.0371. The van der Waals surface area contributed by atoms with Gasteiger partial charge in [0, 0.05) is 36.6 Å². The maximum absolute atomic E-state index is 12.4. The summed E-state index contributed by atoms with van der Waals surface area (Å²) in [6.45, 7) is 4.04. The van der Waals surface area contributed by atoms with Crippen molar-refractivity contribution < 1.29 is 9.53 Å². The molecule has 3 aromatic rings. The highest BCUT2D eigenvalue weighted by molar-refractivity contribution is 5.77. The number of nitrogens with one attached hydrogen (secondary N) is 2. The zero-order valence-corrected chi connectivity index (χ0v) is 19.9. The van der Waals surface area contributed by atoms with Gasteiger partial charge in [-0.1, -0.05) is 49.7 Å². The molecule has 0 bridgehead atoms. The SMILES string of the molecule is CCCc1cc(N2CC[C@H](NC(=O)COCc3ccccc3)C2)nc(Nc2cccc(C#N)c2)n1. The first kappa shape index (κ1) is 24.2. The number of rotatable bonds is 10. The molecule has 0 unspecified atom stereocenters. The van der Waals surface area contributed by atoms with Crippen molar-refractivity contribution in [2.45, 2.75) is 38.8 Å². The zero-order valence-electron chi connectivity index (χ0n) is 19.9. The number of nitrogens with zero attached hydrogens (tertiary/aromatic N) is 4. The molecule has 1 atom stereocenters. The smallest absolute Gasteiger partial charge is 0.246 e. The van der Waals surface area contributed by atoms with Crippen molar-refractivity contribution in [3.63, 3.8) is 0 Å². The number of hydrogen-bond acceptors (Lipinski definition) is 7. The number of anilines is 3. The maximum atomic E-state index is 12.4. The van der Waals surface area contributed by atoms with Crippen LogP contribution in [0.25, 0.3) is 0 Å². The summed E-state index contributed by atoms with van der Waals surface area (Å²) in [7, 11) is 0.